The molecule has 0 fully saturated rings. The van der Waals surface area contributed by atoms with Gasteiger partial charge in [-0.1, -0.05) is 42.1 Å². The molecule has 76 valence electrons. The van der Waals surface area contributed by atoms with Crippen molar-refractivity contribution in [2.24, 2.45) is 0 Å². The molecule has 0 aliphatic rings. The average molecular weight is 217 g/mol. The Bertz CT molecular complexity index is 403. The Morgan fingerprint density at radius 2 is 2.13 bits per heavy atom. The zero-order valence-electron chi connectivity index (χ0n) is 8.43. The van der Waals surface area contributed by atoms with Gasteiger partial charge in [-0.3, -0.25) is 4.79 Å². The van der Waals surface area contributed by atoms with Crippen LogP contribution in [-0.4, -0.2) is 10.9 Å². The second-order valence-electron chi connectivity index (χ2n) is 2.97. The van der Waals surface area contributed by atoms with Crippen LogP contribution in [0.2, 0.25) is 0 Å². The maximum atomic E-state index is 10.7. The van der Waals surface area contributed by atoms with Crippen molar-refractivity contribution in [2.75, 3.05) is 5.75 Å². The monoisotopic (exact) mass is 217 g/mol. The van der Waals surface area contributed by atoms with Crippen molar-refractivity contribution in [2.45, 2.75) is 6.92 Å². The number of hydrogen-bond acceptors (Lipinski definition) is 3. The van der Waals surface area contributed by atoms with E-state index in [4.69, 9.17) is 5.26 Å². The fourth-order valence-electron chi connectivity index (χ4n) is 1.04. The maximum Gasteiger partial charge on any atom is 0.186 e. The Morgan fingerprint density at radius 1 is 1.47 bits per heavy atom. The van der Waals surface area contributed by atoms with E-state index in [1.54, 1.807) is 6.08 Å². The van der Waals surface area contributed by atoms with Crippen LogP contribution in [0.25, 0.3) is 6.08 Å². The minimum atomic E-state index is 0.0317. The van der Waals surface area contributed by atoms with Gasteiger partial charge < -0.3 is 0 Å². The molecule has 0 heterocycles. The van der Waals surface area contributed by atoms with E-state index in [1.165, 1.54) is 6.92 Å². The number of nitriles is 1. The molecule has 0 saturated carbocycles. The van der Waals surface area contributed by atoms with Gasteiger partial charge in [0.05, 0.1) is 6.07 Å². The first-order valence-electron chi connectivity index (χ1n) is 4.51. The summed E-state index contributed by atoms with van der Waals surface area (Å²) in [7, 11) is 0. The van der Waals surface area contributed by atoms with Crippen molar-refractivity contribution in [3.8, 4) is 6.07 Å². The van der Waals surface area contributed by atoms with E-state index in [0.717, 1.165) is 17.3 Å². The third-order valence-electron chi connectivity index (χ3n) is 1.72. The van der Waals surface area contributed by atoms with Gasteiger partial charge in [-0.05, 0) is 11.6 Å². The summed E-state index contributed by atoms with van der Waals surface area (Å²) in [6.45, 7) is 1.50. The zero-order chi connectivity index (χ0) is 11.1. The van der Waals surface area contributed by atoms with Crippen molar-refractivity contribution >= 4 is 23.0 Å². The number of carbonyl (C=O) groups excluding carboxylic acids is 1. The molecule has 0 unspecified atom stereocenters. The molecular weight excluding hydrogens is 206 g/mol. The summed E-state index contributed by atoms with van der Waals surface area (Å²) >= 11 is 1.15. The fourth-order valence-corrected chi connectivity index (χ4v) is 1.54. The Balaban J connectivity index is 2.71. The van der Waals surface area contributed by atoms with Gasteiger partial charge in [0.2, 0.25) is 0 Å². The van der Waals surface area contributed by atoms with E-state index in [0.29, 0.717) is 11.3 Å². The lowest BCUT2D eigenvalue weighted by Crippen LogP contribution is -1.89. The molecule has 0 atom stereocenters. The molecule has 0 radical (unpaired) electrons. The van der Waals surface area contributed by atoms with Crippen molar-refractivity contribution in [1.29, 1.82) is 5.26 Å². The van der Waals surface area contributed by atoms with Crippen LogP contribution in [-0.2, 0) is 4.79 Å². The summed E-state index contributed by atoms with van der Waals surface area (Å²) in [6, 6.07) is 11.7. The Kier molecular flexibility index (Phi) is 4.65. The number of benzene rings is 1. The number of carbonyl (C=O) groups is 1. The van der Waals surface area contributed by atoms with Crippen LogP contribution >= 0.6 is 11.8 Å². The molecular formula is C12H11NOS. The molecule has 15 heavy (non-hydrogen) atoms. The first kappa shape index (κ1) is 11.5. The van der Waals surface area contributed by atoms with Crippen molar-refractivity contribution < 1.29 is 4.79 Å². The molecule has 0 aliphatic carbocycles. The first-order chi connectivity index (χ1) is 7.22. The highest BCUT2D eigenvalue weighted by atomic mass is 32.2. The largest absolute Gasteiger partial charge is 0.288 e. The van der Waals surface area contributed by atoms with E-state index < -0.39 is 0 Å². The van der Waals surface area contributed by atoms with Gasteiger partial charge in [-0.25, -0.2) is 0 Å². The standard InChI is InChI=1S/C12H11NOS/c1-10(14)15-9-12(8-13)7-11-5-3-2-4-6-11/h2-7H,9H2,1H3/b12-7+. The molecule has 0 bridgehead atoms. The highest BCUT2D eigenvalue weighted by molar-refractivity contribution is 8.13. The minimum Gasteiger partial charge on any atom is -0.288 e. The van der Waals surface area contributed by atoms with E-state index >= 15 is 0 Å². The van der Waals surface area contributed by atoms with Crippen molar-refractivity contribution in [3.05, 3.63) is 41.5 Å². The van der Waals surface area contributed by atoms with Crippen molar-refractivity contribution in [3.63, 3.8) is 0 Å². The van der Waals surface area contributed by atoms with Gasteiger partial charge in [0, 0.05) is 18.2 Å². The van der Waals surface area contributed by atoms with Crippen LogP contribution in [0, 0.1) is 11.3 Å². The normalized spacial score (nSPS) is 10.8. The number of thioether (sulfide) groups is 1. The lowest BCUT2D eigenvalue weighted by molar-refractivity contribution is -0.109. The topological polar surface area (TPSA) is 40.9 Å². The summed E-state index contributed by atoms with van der Waals surface area (Å²) in [5.74, 6) is 0.445. The molecule has 2 nitrogen and oxygen atoms in total. The summed E-state index contributed by atoms with van der Waals surface area (Å²) in [5.41, 5.74) is 1.60. The smallest absolute Gasteiger partial charge is 0.186 e. The molecule has 3 heteroatoms. The molecule has 0 saturated heterocycles. The predicted molar refractivity (Wildman–Crippen MR) is 63.2 cm³/mol. The van der Waals surface area contributed by atoms with Gasteiger partial charge in [0.15, 0.2) is 5.12 Å². The van der Waals surface area contributed by atoms with E-state index in [1.807, 2.05) is 30.3 Å². The van der Waals surface area contributed by atoms with E-state index in [9.17, 15) is 4.79 Å². The lowest BCUT2D eigenvalue weighted by atomic mass is 10.1. The van der Waals surface area contributed by atoms with Crippen LogP contribution in [0.3, 0.4) is 0 Å². The quantitative estimate of drug-likeness (QED) is 0.731. The van der Waals surface area contributed by atoms with Gasteiger partial charge in [0.25, 0.3) is 0 Å². The highest BCUT2D eigenvalue weighted by Gasteiger charge is 1.99. The first-order valence-corrected chi connectivity index (χ1v) is 5.50. The van der Waals surface area contributed by atoms with Gasteiger partial charge in [-0.2, -0.15) is 5.26 Å². The Morgan fingerprint density at radius 3 is 2.67 bits per heavy atom. The molecule has 0 aliphatic heterocycles. The molecule has 1 aromatic rings. The molecule has 0 amide bonds. The fraction of sp³-hybridized carbons (Fsp3) is 0.167. The summed E-state index contributed by atoms with van der Waals surface area (Å²) in [5, 5.41) is 8.89. The van der Waals surface area contributed by atoms with E-state index in [-0.39, 0.29) is 5.12 Å². The summed E-state index contributed by atoms with van der Waals surface area (Å²) in [6.07, 6.45) is 1.80. The van der Waals surface area contributed by atoms with Crippen LogP contribution in [0.5, 0.6) is 0 Å². The Hall–Kier alpha value is -1.53. The summed E-state index contributed by atoms with van der Waals surface area (Å²) < 4.78 is 0. The lowest BCUT2D eigenvalue weighted by Gasteiger charge is -1.96. The van der Waals surface area contributed by atoms with Gasteiger partial charge >= 0.3 is 0 Å². The molecule has 0 N–H and O–H groups in total. The SMILES string of the molecule is CC(=O)SC/C(C#N)=C/c1ccccc1. The molecule has 1 rings (SSSR count). The third-order valence-corrected chi connectivity index (χ3v) is 2.58. The maximum absolute atomic E-state index is 10.7. The molecule has 0 aromatic heterocycles. The number of hydrogen-bond donors (Lipinski definition) is 0. The van der Waals surface area contributed by atoms with Crippen molar-refractivity contribution in [1.82, 2.24) is 0 Å². The van der Waals surface area contributed by atoms with Gasteiger partial charge in [-0.15, -0.1) is 0 Å². The highest BCUT2D eigenvalue weighted by Crippen LogP contribution is 2.12. The summed E-state index contributed by atoms with van der Waals surface area (Å²) in [4.78, 5) is 10.7. The number of nitrogens with zero attached hydrogens (tertiary/aromatic N) is 1. The third kappa shape index (κ3) is 4.48. The van der Waals surface area contributed by atoms with Crippen LogP contribution in [0.1, 0.15) is 12.5 Å². The Labute approximate surface area is 93.6 Å². The average Bonchev–Trinajstić information content (AvgIpc) is 2.25. The van der Waals surface area contributed by atoms with Crippen LogP contribution in [0.15, 0.2) is 35.9 Å². The second kappa shape index (κ2) is 6.05. The minimum absolute atomic E-state index is 0.0317. The van der Waals surface area contributed by atoms with Gasteiger partial charge in [0.1, 0.15) is 0 Å². The predicted octanol–water partition coefficient (Wildman–Crippen LogP) is 2.87. The molecule has 0 spiro atoms. The van der Waals surface area contributed by atoms with E-state index in [2.05, 4.69) is 6.07 Å². The van der Waals surface area contributed by atoms with Crippen LogP contribution in [0.4, 0.5) is 0 Å². The molecule has 1 aromatic carbocycles. The zero-order valence-corrected chi connectivity index (χ0v) is 9.25. The van der Waals surface area contributed by atoms with Crippen LogP contribution < -0.4 is 0 Å². The number of rotatable bonds is 3. The second-order valence-corrected chi connectivity index (χ2v) is 4.12.